The van der Waals surface area contributed by atoms with Crippen LogP contribution in [-0.2, 0) is 30.7 Å². The second-order valence-corrected chi connectivity index (χ2v) is 1.90. The summed E-state index contributed by atoms with van der Waals surface area (Å²) >= 11 is 0. The molecule has 13 heavy (non-hydrogen) atoms. The van der Waals surface area contributed by atoms with Gasteiger partial charge in [-0.3, -0.25) is 13.8 Å². The zero-order valence-electron chi connectivity index (χ0n) is 7.11. The van der Waals surface area contributed by atoms with E-state index in [1.165, 1.54) is 0 Å². The van der Waals surface area contributed by atoms with Gasteiger partial charge in [0.1, 0.15) is 0 Å². The van der Waals surface area contributed by atoms with Crippen LogP contribution in [0.4, 0.5) is 0 Å². The third-order valence-electron chi connectivity index (χ3n) is 1.21. The number of rotatable bonds is 1. The fourth-order valence-electron chi connectivity index (χ4n) is 0.694. The number of hydrogen-bond acceptors (Lipinski definition) is 2. The molecule has 0 unspecified atom stereocenters. The van der Waals surface area contributed by atoms with Gasteiger partial charge < -0.3 is 21.7 Å². The summed E-state index contributed by atoms with van der Waals surface area (Å²) in [5.41, 5.74) is 1.62. The molecule has 0 spiro atoms. The van der Waals surface area contributed by atoms with E-state index in [4.69, 9.17) is 4.79 Å². The van der Waals surface area contributed by atoms with Crippen LogP contribution in [0.15, 0.2) is 23.2 Å². The maximum absolute atomic E-state index is 7.75. The van der Waals surface area contributed by atoms with E-state index in [9.17, 15) is 0 Å². The van der Waals surface area contributed by atoms with Gasteiger partial charge in [-0.1, -0.05) is 12.1 Å². The van der Waals surface area contributed by atoms with Crippen LogP contribution >= 0.6 is 0 Å². The Morgan fingerprint density at radius 2 is 2.08 bits per heavy atom. The summed E-state index contributed by atoms with van der Waals surface area (Å²) in [4.78, 5) is 15.6. The predicted octanol–water partition coefficient (Wildman–Crippen LogP) is 0.168. The number of nitrogens with zero attached hydrogens (tertiary/aromatic N) is 2. The molecule has 0 bridgehead atoms. The van der Waals surface area contributed by atoms with Crippen molar-refractivity contribution < 1.29 is 24.3 Å². The van der Waals surface area contributed by atoms with Gasteiger partial charge in [0.15, 0.2) is 0 Å². The van der Waals surface area contributed by atoms with E-state index >= 15 is 0 Å². The third kappa shape index (κ3) is 5.37. The first-order chi connectivity index (χ1) is 5.86. The van der Waals surface area contributed by atoms with Gasteiger partial charge in [-0.15, -0.1) is 11.8 Å². The van der Waals surface area contributed by atoms with E-state index in [1.807, 2.05) is 18.2 Å². The van der Waals surface area contributed by atoms with Crippen molar-refractivity contribution in [3.05, 3.63) is 43.4 Å². The standard InChI is InChI=1S/C8H9N2.CHO.Ru.H/c1-3-7-5-4-6-8(9-2)10-7;1-2;;/h4-6H,1-3H2;1H;;/q-3;-1;;. The molecule has 1 aromatic heterocycles. The summed E-state index contributed by atoms with van der Waals surface area (Å²) in [6.45, 7) is 6.96. The van der Waals surface area contributed by atoms with E-state index in [2.05, 4.69) is 30.7 Å². The van der Waals surface area contributed by atoms with E-state index in [-0.39, 0.29) is 19.5 Å². The average Bonchev–Trinajstić information content (AvgIpc) is 2.21. The van der Waals surface area contributed by atoms with Crippen LogP contribution < -0.4 is 10.5 Å². The van der Waals surface area contributed by atoms with Crippen molar-refractivity contribution in [2.24, 2.45) is 4.99 Å². The fraction of sp³-hybridized carbons (Fsp3) is 0.111. The molecule has 0 aliphatic heterocycles. The van der Waals surface area contributed by atoms with Crippen molar-refractivity contribution in [3.8, 4) is 0 Å². The molecule has 0 fully saturated rings. The average molecular weight is 264 g/mol. The summed E-state index contributed by atoms with van der Waals surface area (Å²) in [5, 5.41) is 0. The van der Waals surface area contributed by atoms with Crippen LogP contribution in [0.5, 0.6) is 0 Å². The van der Waals surface area contributed by atoms with Crippen molar-refractivity contribution in [2.45, 2.75) is 6.42 Å². The molecule has 0 aromatic carbocycles. The molecule has 3 nitrogen and oxygen atoms in total. The second-order valence-electron chi connectivity index (χ2n) is 1.90. The molecule has 0 aliphatic carbocycles. The van der Waals surface area contributed by atoms with Crippen LogP contribution in [0.1, 0.15) is 5.69 Å². The minimum absolute atomic E-state index is 0. The Labute approximate surface area is 91.1 Å². The van der Waals surface area contributed by atoms with E-state index < -0.39 is 0 Å². The molecule has 75 valence electrons. The number of hydrogen-bond donors (Lipinski definition) is 0. The quantitative estimate of drug-likeness (QED) is 0.412. The molecule has 0 N–H and O–H groups in total. The topological polar surface area (TPSA) is 43.5 Å². The van der Waals surface area contributed by atoms with E-state index in [0.717, 1.165) is 5.69 Å². The van der Waals surface area contributed by atoms with Gasteiger partial charge in [0, 0.05) is 0 Å². The van der Waals surface area contributed by atoms with E-state index in [0.29, 0.717) is 11.9 Å². The normalized spacial score (nSPS) is 9.46. The van der Waals surface area contributed by atoms with E-state index in [1.54, 1.807) is 0 Å². The molecule has 1 heterocycles. The zero-order valence-corrected chi connectivity index (χ0v) is 8.97. The molecule has 1 aromatic rings. The zero-order chi connectivity index (χ0) is 9.40. The van der Waals surface area contributed by atoms with Gasteiger partial charge in [0.25, 0.3) is 0 Å². The Kier molecular flexibility index (Phi) is 10.4. The Morgan fingerprint density at radius 1 is 1.46 bits per heavy atom. The third-order valence-corrected chi connectivity index (χ3v) is 1.21. The Bertz CT molecular complexity index is 283. The Hall–Kier alpha value is -0.887. The predicted molar refractivity (Wildman–Crippen MR) is 47.9 cm³/mol. The first-order valence-corrected chi connectivity index (χ1v) is 3.32. The molecule has 0 atom stereocenters. The van der Waals surface area contributed by atoms with Gasteiger partial charge in [0.05, 0.1) is 0 Å². The molecule has 0 saturated carbocycles. The monoisotopic (exact) mass is 265 g/mol. The van der Waals surface area contributed by atoms with Crippen molar-refractivity contribution >= 4 is 6.79 Å². The van der Waals surface area contributed by atoms with Crippen LogP contribution in [0, 0.1) is 14.0 Å². The molecular weight excluding hydrogens is 253 g/mol. The Morgan fingerprint density at radius 3 is 2.54 bits per heavy atom. The molecule has 0 saturated heterocycles. The van der Waals surface area contributed by atoms with Crippen molar-refractivity contribution in [3.63, 3.8) is 0 Å². The van der Waals surface area contributed by atoms with Crippen molar-refractivity contribution in [2.75, 3.05) is 0 Å². The molecule has 4 heteroatoms. The van der Waals surface area contributed by atoms with Gasteiger partial charge >= 0.3 is 19.5 Å². The van der Waals surface area contributed by atoms with Crippen LogP contribution in [0.3, 0.4) is 0 Å². The summed E-state index contributed by atoms with van der Waals surface area (Å²) in [6, 6.07) is 5.63. The number of carbonyl (C=O) groups excluding carboxylic acids is 1. The first-order valence-electron chi connectivity index (χ1n) is 3.32. The second kappa shape index (κ2) is 9.20. The summed E-state index contributed by atoms with van der Waals surface area (Å²) < 4.78 is 0. The van der Waals surface area contributed by atoms with Crippen LogP contribution in [-0.4, -0.2) is 6.79 Å². The van der Waals surface area contributed by atoms with Crippen LogP contribution in [0.2, 0.25) is 0 Å². The molecule has 0 amide bonds. The molecule has 1 rings (SSSR count). The minimum atomic E-state index is 0. The van der Waals surface area contributed by atoms with Gasteiger partial charge in [0.2, 0.25) is 0 Å². The SMILES string of the molecule is [CH-]=O.[CH2-]Cc1cccc(=N[CH2-])[n-]1.[RuH]. The summed E-state index contributed by atoms with van der Waals surface area (Å²) in [6.07, 6.45) is 0.698. The molecule has 0 radical (unpaired) electrons. The first kappa shape index (κ1) is 14.6. The van der Waals surface area contributed by atoms with Crippen molar-refractivity contribution in [1.82, 2.24) is 4.98 Å². The van der Waals surface area contributed by atoms with Gasteiger partial charge in [-0.05, 0) is 0 Å². The summed E-state index contributed by atoms with van der Waals surface area (Å²) in [7, 11) is 3.37. The van der Waals surface area contributed by atoms with Gasteiger partial charge in [-0.25, -0.2) is 5.49 Å². The van der Waals surface area contributed by atoms with Crippen molar-refractivity contribution in [1.29, 1.82) is 0 Å². The fourth-order valence-corrected chi connectivity index (χ4v) is 0.694. The summed E-state index contributed by atoms with van der Waals surface area (Å²) in [5.74, 6) is 0. The maximum atomic E-state index is 7.75. The number of aromatic nitrogens is 1. The molecular formula is C9H11N2ORu-4. The number of pyridine rings is 1. The Balaban J connectivity index is 0. The van der Waals surface area contributed by atoms with Crippen LogP contribution in [0.25, 0.3) is 0 Å². The molecule has 0 aliphatic rings. The van der Waals surface area contributed by atoms with Gasteiger partial charge in [-0.2, -0.15) is 6.42 Å².